The molecule has 130 valence electrons. The molecule has 0 aliphatic heterocycles. The first-order chi connectivity index (χ1) is 12.0. The molecule has 0 atom stereocenters. The van der Waals surface area contributed by atoms with Gasteiger partial charge >= 0.3 is 0 Å². The molecule has 5 heteroatoms. The van der Waals surface area contributed by atoms with Crippen LogP contribution in [0.2, 0.25) is 0 Å². The fourth-order valence-electron chi connectivity index (χ4n) is 2.68. The van der Waals surface area contributed by atoms with Crippen LogP contribution in [0.1, 0.15) is 19.4 Å². The minimum Gasteiger partial charge on any atom is -0.508 e. The second kappa shape index (κ2) is 6.89. The molecule has 0 saturated carbocycles. The standard InChI is InChI=1S/C20H21NO4/c1-13(2)25-19-18(24-12-14-7-5-4-6-8-14)16-10-9-15(22)11-17(16)21(3)20(19)23/h4-11,13,22H,12H2,1-3H3. The van der Waals surface area contributed by atoms with Gasteiger partial charge in [-0.05, 0) is 31.5 Å². The highest BCUT2D eigenvalue weighted by atomic mass is 16.5. The molecule has 0 fully saturated rings. The van der Waals surface area contributed by atoms with Crippen LogP contribution in [0.4, 0.5) is 0 Å². The topological polar surface area (TPSA) is 60.7 Å². The molecule has 0 amide bonds. The summed E-state index contributed by atoms with van der Waals surface area (Å²) in [5.74, 6) is 0.677. The molecule has 0 bridgehead atoms. The molecular weight excluding hydrogens is 318 g/mol. The Hall–Kier alpha value is -2.95. The van der Waals surface area contributed by atoms with Gasteiger partial charge in [0, 0.05) is 18.5 Å². The maximum Gasteiger partial charge on any atom is 0.297 e. The minimum absolute atomic E-state index is 0.0917. The molecule has 0 aliphatic rings. The van der Waals surface area contributed by atoms with Crippen LogP contribution >= 0.6 is 0 Å². The van der Waals surface area contributed by atoms with Crippen molar-refractivity contribution >= 4 is 10.9 Å². The Labute approximate surface area is 146 Å². The Balaban J connectivity index is 2.15. The number of pyridine rings is 1. The van der Waals surface area contributed by atoms with E-state index in [1.807, 2.05) is 44.2 Å². The monoisotopic (exact) mass is 339 g/mol. The van der Waals surface area contributed by atoms with Gasteiger partial charge in [0.25, 0.3) is 5.56 Å². The number of aromatic nitrogens is 1. The molecule has 2 aromatic carbocycles. The SMILES string of the molecule is CC(C)Oc1c(OCc2ccccc2)c2ccc(O)cc2n(C)c1=O. The van der Waals surface area contributed by atoms with Crippen LogP contribution in [0.15, 0.2) is 53.3 Å². The Morgan fingerprint density at radius 3 is 2.48 bits per heavy atom. The van der Waals surface area contributed by atoms with Gasteiger partial charge in [-0.15, -0.1) is 0 Å². The van der Waals surface area contributed by atoms with E-state index in [0.717, 1.165) is 5.56 Å². The first-order valence-electron chi connectivity index (χ1n) is 8.16. The van der Waals surface area contributed by atoms with Crippen LogP contribution in [0.5, 0.6) is 17.2 Å². The molecule has 0 spiro atoms. The predicted molar refractivity (Wildman–Crippen MR) is 97.4 cm³/mol. The van der Waals surface area contributed by atoms with Crippen LogP contribution < -0.4 is 15.0 Å². The van der Waals surface area contributed by atoms with Crippen molar-refractivity contribution in [3.05, 3.63) is 64.4 Å². The summed E-state index contributed by atoms with van der Waals surface area (Å²) < 4.78 is 13.2. The van der Waals surface area contributed by atoms with Gasteiger partial charge in [-0.3, -0.25) is 4.79 Å². The van der Waals surface area contributed by atoms with Crippen molar-refractivity contribution < 1.29 is 14.6 Å². The normalized spacial score (nSPS) is 11.0. The lowest BCUT2D eigenvalue weighted by atomic mass is 10.1. The number of aromatic hydroxyl groups is 1. The Morgan fingerprint density at radius 2 is 1.80 bits per heavy atom. The lowest BCUT2D eigenvalue weighted by molar-refractivity contribution is 0.215. The number of rotatable bonds is 5. The van der Waals surface area contributed by atoms with Crippen molar-refractivity contribution in [2.75, 3.05) is 0 Å². The third kappa shape index (κ3) is 3.45. The number of fused-ring (bicyclic) bond motifs is 1. The predicted octanol–water partition coefficient (Wildman–Crippen LogP) is 3.61. The van der Waals surface area contributed by atoms with E-state index in [1.54, 1.807) is 25.2 Å². The van der Waals surface area contributed by atoms with E-state index in [4.69, 9.17) is 9.47 Å². The largest absolute Gasteiger partial charge is 0.508 e. The van der Waals surface area contributed by atoms with Crippen LogP contribution in [-0.4, -0.2) is 15.8 Å². The number of ether oxygens (including phenoxy) is 2. The van der Waals surface area contributed by atoms with Crippen LogP contribution in [0.25, 0.3) is 10.9 Å². The number of hydrogen-bond donors (Lipinski definition) is 1. The maximum absolute atomic E-state index is 12.7. The highest BCUT2D eigenvalue weighted by Gasteiger charge is 2.19. The number of phenolic OH excluding ortho intramolecular Hbond substituents is 1. The molecule has 3 aromatic rings. The molecular formula is C20H21NO4. The van der Waals surface area contributed by atoms with Gasteiger partial charge in [0.1, 0.15) is 12.4 Å². The summed E-state index contributed by atoms with van der Waals surface area (Å²) in [5.41, 5.74) is 1.28. The van der Waals surface area contributed by atoms with Crippen LogP contribution in [0, 0.1) is 0 Å². The molecule has 1 aromatic heterocycles. The van der Waals surface area contributed by atoms with Crippen molar-refractivity contribution in [1.82, 2.24) is 4.57 Å². The van der Waals surface area contributed by atoms with Gasteiger partial charge in [-0.2, -0.15) is 0 Å². The second-order valence-electron chi connectivity index (χ2n) is 6.16. The van der Waals surface area contributed by atoms with E-state index < -0.39 is 0 Å². The van der Waals surface area contributed by atoms with E-state index in [1.165, 1.54) is 4.57 Å². The summed E-state index contributed by atoms with van der Waals surface area (Å²) in [4.78, 5) is 12.7. The summed E-state index contributed by atoms with van der Waals surface area (Å²) in [6.07, 6.45) is -0.165. The van der Waals surface area contributed by atoms with E-state index in [2.05, 4.69) is 0 Å². The summed E-state index contributed by atoms with van der Waals surface area (Å²) in [7, 11) is 1.65. The molecule has 1 N–H and O–H groups in total. The summed E-state index contributed by atoms with van der Waals surface area (Å²) in [5, 5.41) is 10.5. The average Bonchev–Trinajstić information content (AvgIpc) is 2.60. The van der Waals surface area contributed by atoms with E-state index in [-0.39, 0.29) is 23.2 Å². The smallest absolute Gasteiger partial charge is 0.297 e. The van der Waals surface area contributed by atoms with Gasteiger partial charge in [0.2, 0.25) is 5.75 Å². The third-order valence-electron chi connectivity index (χ3n) is 3.87. The van der Waals surface area contributed by atoms with Crippen molar-refractivity contribution in [3.8, 4) is 17.2 Å². The molecule has 3 rings (SSSR count). The van der Waals surface area contributed by atoms with E-state index in [9.17, 15) is 9.90 Å². The average molecular weight is 339 g/mol. The summed E-state index contributed by atoms with van der Waals surface area (Å²) in [6.45, 7) is 4.04. The van der Waals surface area contributed by atoms with Crippen LogP contribution in [0.3, 0.4) is 0 Å². The fourth-order valence-corrected chi connectivity index (χ4v) is 2.68. The lowest BCUT2D eigenvalue weighted by Gasteiger charge is -2.18. The first-order valence-corrected chi connectivity index (χ1v) is 8.16. The lowest BCUT2D eigenvalue weighted by Crippen LogP contribution is -2.23. The van der Waals surface area contributed by atoms with Crippen LogP contribution in [-0.2, 0) is 13.7 Å². The minimum atomic E-state index is -0.296. The summed E-state index contributed by atoms with van der Waals surface area (Å²) >= 11 is 0. The Kier molecular flexibility index (Phi) is 4.65. The quantitative estimate of drug-likeness (QED) is 0.771. The van der Waals surface area contributed by atoms with Gasteiger partial charge in [0.15, 0.2) is 5.75 Å². The Bertz CT molecular complexity index is 945. The van der Waals surface area contributed by atoms with Gasteiger partial charge in [0.05, 0.1) is 11.6 Å². The molecule has 0 radical (unpaired) electrons. The van der Waals surface area contributed by atoms with Gasteiger partial charge < -0.3 is 19.1 Å². The zero-order valence-electron chi connectivity index (χ0n) is 14.5. The molecule has 5 nitrogen and oxygen atoms in total. The van der Waals surface area contributed by atoms with Crippen molar-refractivity contribution in [1.29, 1.82) is 0 Å². The molecule has 25 heavy (non-hydrogen) atoms. The van der Waals surface area contributed by atoms with Gasteiger partial charge in [-0.1, -0.05) is 30.3 Å². The molecule has 1 heterocycles. The van der Waals surface area contributed by atoms with E-state index >= 15 is 0 Å². The summed E-state index contributed by atoms with van der Waals surface area (Å²) in [6, 6.07) is 14.6. The second-order valence-corrected chi connectivity index (χ2v) is 6.16. The first kappa shape index (κ1) is 16.9. The highest BCUT2D eigenvalue weighted by molar-refractivity contribution is 5.88. The number of phenols is 1. The zero-order chi connectivity index (χ0) is 18.0. The molecule has 0 aliphatic carbocycles. The number of aryl methyl sites for hydroxylation is 1. The fraction of sp³-hybridized carbons (Fsp3) is 0.250. The maximum atomic E-state index is 12.7. The number of benzene rings is 2. The van der Waals surface area contributed by atoms with Crippen molar-refractivity contribution in [2.45, 2.75) is 26.6 Å². The Morgan fingerprint density at radius 1 is 1.08 bits per heavy atom. The molecule has 0 unspecified atom stereocenters. The number of hydrogen-bond acceptors (Lipinski definition) is 4. The van der Waals surface area contributed by atoms with Crippen molar-refractivity contribution in [3.63, 3.8) is 0 Å². The zero-order valence-corrected chi connectivity index (χ0v) is 14.5. The molecule has 0 saturated heterocycles. The number of nitrogens with zero attached hydrogens (tertiary/aromatic N) is 1. The van der Waals surface area contributed by atoms with Crippen molar-refractivity contribution in [2.24, 2.45) is 7.05 Å². The third-order valence-corrected chi connectivity index (χ3v) is 3.87. The van der Waals surface area contributed by atoms with Gasteiger partial charge in [-0.25, -0.2) is 0 Å². The highest BCUT2D eigenvalue weighted by Crippen LogP contribution is 2.35. The van der Waals surface area contributed by atoms with E-state index in [0.29, 0.717) is 23.3 Å².